The van der Waals surface area contributed by atoms with Gasteiger partial charge in [0.25, 0.3) is 0 Å². The Balaban J connectivity index is 2.33. The third-order valence-corrected chi connectivity index (χ3v) is 4.80. The first-order valence-corrected chi connectivity index (χ1v) is 7.15. The highest BCUT2D eigenvalue weighted by Gasteiger charge is 2.43. The normalized spacial score (nSPS) is 27.5. The summed E-state index contributed by atoms with van der Waals surface area (Å²) < 4.78 is 1.72. The number of carbonyl (C=O) groups is 1. The van der Waals surface area contributed by atoms with Crippen LogP contribution >= 0.6 is 11.6 Å². The molecule has 0 aliphatic heterocycles. The summed E-state index contributed by atoms with van der Waals surface area (Å²) in [5.74, 6) is -0.244. The highest BCUT2D eigenvalue weighted by molar-refractivity contribution is 6.31. The molecule has 1 aromatic rings. The van der Waals surface area contributed by atoms with Crippen molar-refractivity contribution < 1.29 is 9.90 Å². The van der Waals surface area contributed by atoms with Crippen molar-refractivity contribution in [3.05, 3.63) is 16.4 Å². The molecule has 1 N–H and O–H groups in total. The second-order valence-corrected chi connectivity index (χ2v) is 6.31. The van der Waals surface area contributed by atoms with Crippen molar-refractivity contribution in [2.24, 2.45) is 18.4 Å². The molecule has 2 unspecified atom stereocenters. The molecule has 4 nitrogen and oxygen atoms in total. The molecule has 0 saturated heterocycles. The van der Waals surface area contributed by atoms with E-state index in [-0.39, 0.29) is 0 Å². The summed E-state index contributed by atoms with van der Waals surface area (Å²) in [4.78, 5) is 11.8. The summed E-state index contributed by atoms with van der Waals surface area (Å²) in [6.45, 7) is 3.98. The molecule has 1 heterocycles. The molecule has 0 radical (unpaired) electrons. The van der Waals surface area contributed by atoms with E-state index in [1.807, 2.05) is 14.0 Å². The molecule has 1 aliphatic rings. The van der Waals surface area contributed by atoms with Crippen LogP contribution in [0.4, 0.5) is 0 Å². The summed E-state index contributed by atoms with van der Waals surface area (Å²) in [5, 5.41) is 14.6. The maximum Gasteiger partial charge on any atom is 0.310 e. The van der Waals surface area contributed by atoms with Crippen LogP contribution < -0.4 is 0 Å². The highest BCUT2D eigenvalue weighted by atomic mass is 35.5. The minimum Gasteiger partial charge on any atom is -0.481 e. The second kappa shape index (κ2) is 5.16. The summed E-state index contributed by atoms with van der Waals surface area (Å²) in [5.41, 5.74) is 0.931. The number of carboxylic acid groups (broad SMARTS) is 1. The number of carboxylic acids is 1. The molecule has 106 valence electrons. The molecule has 0 spiro atoms. The van der Waals surface area contributed by atoms with Gasteiger partial charge in [-0.3, -0.25) is 9.48 Å². The van der Waals surface area contributed by atoms with Gasteiger partial charge in [-0.2, -0.15) is 5.10 Å². The first-order chi connectivity index (χ1) is 8.85. The number of nitrogens with zero attached hydrogens (tertiary/aromatic N) is 2. The molecule has 1 saturated carbocycles. The Hall–Kier alpha value is -1.03. The molecule has 2 rings (SSSR count). The Morgan fingerprint density at radius 2 is 2.32 bits per heavy atom. The quantitative estimate of drug-likeness (QED) is 0.927. The highest BCUT2D eigenvalue weighted by Crippen LogP contribution is 2.43. The van der Waals surface area contributed by atoms with Crippen molar-refractivity contribution in [2.75, 3.05) is 0 Å². The molecule has 0 amide bonds. The van der Waals surface area contributed by atoms with E-state index in [0.29, 0.717) is 17.4 Å². The van der Waals surface area contributed by atoms with Gasteiger partial charge in [-0.25, -0.2) is 0 Å². The Kier molecular flexibility index (Phi) is 3.90. The number of hydrogen-bond donors (Lipinski definition) is 1. The lowest BCUT2D eigenvalue weighted by Crippen LogP contribution is -2.38. The monoisotopic (exact) mass is 284 g/mol. The van der Waals surface area contributed by atoms with Crippen LogP contribution in [0.15, 0.2) is 0 Å². The van der Waals surface area contributed by atoms with Crippen LogP contribution in [0.2, 0.25) is 5.02 Å². The van der Waals surface area contributed by atoms with Gasteiger partial charge in [0.15, 0.2) is 0 Å². The maximum atomic E-state index is 11.8. The number of halogens is 1. The van der Waals surface area contributed by atoms with E-state index >= 15 is 0 Å². The number of aliphatic carboxylic acids is 1. The SMILES string of the molecule is Cc1nn(C)c(CC2(C(=O)O)CCCC(C)C2)c1Cl. The summed E-state index contributed by atoms with van der Waals surface area (Å²) in [6, 6.07) is 0. The Morgan fingerprint density at radius 3 is 2.79 bits per heavy atom. The average Bonchev–Trinajstić information content (AvgIpc) is 2.56. The van der Waals surface area contributed by atoms with E-state index in [1.54, 1.807) is 4.68 Å². The van der Waals surface area contributed by atoms with Crippen LogP contribution in [0, 0.1) is 18.3 Å². The van der Waals surface area contributed by atoms with Gasteiger partial charge in [-0.1, -0.05) is 31.4 Å². The zero-order valence-electron chi connectivity index (χ0n) is 11.7. The van der Waals surface area contributed by atoms with Crippen molar-refractivity contribution in [2.45, 2.75) is 46.0 Å². The van der Waals surface area contributed by atoms with Crippen LogP contribution in [-0.2, 0) is 18.3 Å². The minimum atomic E-state index is -0.700. The molecule has 1 aromatic heterocycles. The molecule has 2 atom stereocenters. The van der Waals surface area contributed by atoms with Crippen molar-refractivity contribution in [3.63, 3.8) is 0 Å². The number of rotatable bonds is 3. The first-order valence-electron chi connectivity index (χ1n) is 6.77. The molecule has 19 heavy (non-hydrogen) atoms. The Morgan fingerprint density at radius 1 is 1.63 bits per heavy atom. The molecule has 0 bridgehead atoms. The van der Waals surface area contributed by atoms with Gasteiger partial charge in [0, 0.05) is 13.5 Å². The lowest BCUT2D eigenvalue weighted by atomic mass is 9.67. The fraction of sp³-hybridized carbons (Fsp3) is 0.714. The maximum absolute atomic E-state index is 11.8. The summed E-state index contributed by atoms with van der Waals surface area (Å²) in [6.07, 6.45) is 4.02. The van der Waals surface area contributed by atoms with E-state index in [2.05, 4.69) is 12.0 Å². The third-order valence-electron chi connectivity index (χ3n) is 4.31. The van der Waals surface area contributed by atoms with Crippen molar-refractivity contribution in [3.8, 4) is 0 Å². The van der Waals surface area contributed by atoms with Gasteiger partial charge in [0.1, 0.15) is 0 Å². The first kappa shape index (κ1) is 14.4. The topological polar surface area (TPSA) is 55.1 Å². The predicted octanol–water partition coefficient (Wildman–Crippen LogP) is 3.21. The molecule has 1 aliphatic carbocycles. The lowest BCUT2D eigenvalue weighted by Gasteiger charge is -2.36. The zero-order chi connectivity index (χ0) is 14.2. The van der Waals surface area contributed by atoms with Crippen LogP contribution in [0.5, 0.6) is 0 Å². The van der Waals surface area contributed by atoms with Crippen molar-refractivity contribution >= 4 is 17.6 Å². The fourth-order valence-electron chi connectivity index (χ4n) is 3.28. The van der Waals surface area contributed by atoms with Crippen molar-refractivity contribution in [1.82, 2.24) is 9.78 Å². The van der Waals surface area contributed by atoms with Crippen molar-refractivity contribution in [1.29, 1.82) is 0 Å². The van der Waals surface area contributed by atoms with Crippen LogP contribution in [0.25, 0.3) is 0 Å². The number of aryl methyl sites for hydroxylation is 2. The van der Waals surface area contributed by atoms with Gasteiger partial charge < -0.3 is 5.11 Å². The zero-order valence-corrected chi connectivity index (χ0v) is 12.5. The number of aromatic nitrogens is 2. The van der Waals surface area contributed by atoms with E-state index in [0.717, 1.165) is 37.1 Å². The Labute approximate surface area is 118 Å². The second-order valence-electron chi connectivity index (χ2n) is 5.93. The largest absolute Gasteiger partial charge is 0.481 e. The smallest absolute Gasteiger partial charge is 0.310 e. The van der Waals surface area contributed by atoms with Crippen LogP contribution in [-0.4, -0.2) is 20.9 Å². The van der Waals surface area contributed by atoms with Gasteiger partial charge in [0.05, 0.1) is 21.8 Å². The van der Waals surface area contributed by atoms with Gasteiger partial charge in [0.2, 0.25) is 0 Å². The lowest BCUT2D eigenvalue weighted by molar-refractivity contribution is -0.152. The third kappa shape index (κ3) is 2.64. The van der Waals surface area contributed by atoms with Gasteiger partial charge in [-0.15, -0.1) is 0 Å². The van der Waals surface area contributed by atoms with E-state index in [9.17, 15) is 9.90 Å². The predicted molar refractivity (Wildman–Crippen MR) is 74.4 cm³/mol. The number of hydrogen-bond acceptors (Lipinski definition) is 2. The van der Waals surface area contributed by atoms with E-state index in [4.69, 9.17) is 11.6 Å². The summed E-state index contributed by atoms with van der Waals surface area (Å²) in [7, 11) is 1.83. The molecular weight excluding hydrogens is 264 g/mol. The average molecular weight is 285 g/mol. The summed E-state index contributed by atoms with van der Waals surface area (Å²) >= 11 is 6.26. The van der Waals surface area contributed by atoms with Gasteiger partial charge >= 0.3 is 5.97 Å². The van der Waals surface area contributed by atoms with Gasteiger partial charge in [-0.05, 0) is 25.7 Å². The fourth-order valence-corrected chi connectivity index (χ4v) is 3.51. The van der Waals surface area contributed by atoms with E-state index < -0.39 is 11.4 Å². The van der Waals surface area contributed by atoms with E-state index in [1.165, 1.54) is 0 Å². The molecular formula is C14H21ClN2O2. The standard InChI is InChI=1S/C14H21ClN2O2/c1-9-5-4-6-14(7-9,13(18)19)8-11-12(15)10(2)16-17(11)3/h9H,4-8H2,1-3H3,(H,18,19). The Bertz CT molecular complexity index is 498. The molecule has 5 heteroatoms. The molecule has 1 fully saturated rings. The van der Waals surface area contributed by atoms with Crippen LogP contribution in [0.1, 0.15) is 44.0 Å². The minimum absolute atomic E-state index is 0.456. The molecule has 0 aromatic carbocycles. The van der Waals surface area contributed by atoms with Crippen LogP contribution in [0.3, 0.4) is 0 Å².